The number of halogens is 1. The number of hydrogen-bond donors (Lipinski definition) is 0. The van der Waals surface area contributed by atoms with Gasteiger partial charge in [0.25, 0.3) is 0 Å². The molecular weight excluding hydrogens is 312 g/mol. The standard InChI is InChI=1S/C17H27BrN2/c1-17(2,3)16-15(12-20(4)19-16)10-14(11-18)13-8-6-5-7-9-13/h10,12-13H,5-9,11H2,1-4H3/b14-10-. The van der Waals surface area contributed by atoms with Gasteiger partial charge in [-0.05, 0) is 18.8 Å². The second-order valence-corrected chi connectivity index (χ2v) is 7.61. The molecule has 2 rings (SSSR count). The summed E-state index contributed by atoms with van der Waals surface area (Å²) >= 11 is 3.70. The van der Waals surface area contributed by atoms with Crippen molar-refractivity contribution in [2.45, 2.75) is 58.3 Å². The Balaban J connectivity index is 2.32. The minimum absolute atomic E-state index is 0.0943. The normalized spacial score (nSPS) is 18.6. The Labute approximate surface area is 131 Å². The van der Waals surface area contributed by atoms with Crippen LogP contribution in [0.5, 0.6) is 0 Å². The van der Waals surface area contributed by atoms with Gasteiger partial charge in [-0.1, -0.05) is 67.6 Å². The highest BCUT2D eigenvalue weighted by Gasteiger charge is 2.23. The van der Waals surface area contributed by atoms with Gasteiger partial charge < -0.3 is 0 Å². The predicted molar refractivity (Wildman–Crippen MR) is 90.3 cm³/mol. The first-order valence-corrected chi connectivity index (χ1v) is 8.84. The van der Waals surface area contributed by atoms with Crippen molar-refractivity contribution in [3.63, 3.8) is 0 Å². The van der Waals surface area contributed by atoms with Crippen LogP contribution in [0.15, 0.2) is 11.8 Å². The molecule has 0 bridgehead atoms. The van der Waals surface area contributed by atoms with E-state index in [0.29, 0.717) is 0 Å². The van der Waals surface area contributed by atoms with Gasteiger partial charge >= 0.3 is 0 Å². The van der Waals surface area contributed by atoms with E-state index in [-0.39, 0.29) is 5.41 Å². The lowest BCUT2D eigenvalue weighted by atomic mass is 9.83. The van der Waals surface area contributed by atoms with Crippen molar-refractivity contribution in [1.29, 1.82) is 0 Å². The molecule has 0 saturated heterocycles. The van der Waals surface area contributed by atoms with Crippen molar-refractivity contribution in [1.82, 2.24) is 9.78 Å². The molecule has 0 aromatic carbocycles. The van der Waals surface area contributed by atoms with Crippen LogP contribution in [-0.2, 0) is 12.5 Å². The zero-order chi connectivity index (χ0) is 14.8. The van der Waals surface area contributed by atoms with Gasteiger partial charge in [-0.2, -0.15) is 5.10 Å². The van der Waals surface area contributed by atoms with Gasteiger partial charge in [0, 0.05) is 29.6 Å². The van der Waals surface area contributed by atoms with E-state index in [9.17, 15) is 0 Å². The molecule has 0 aliphatic heterocycles. The third-order valence-corrected chi connectivity index (χ3v) is 4.84. The lowest BCUT2D eigenvalue weighted by Crippen LogP contribution is -2.14. The molecule has 0 unspecified atom stereocenters. The fourth-order valence-electron chi connectivity index (χ4n) is 3.13. The van der Waals surface area contributed by atoms with Gasteiger partial charge in [0.1, 0.15) is 0 Å². The zero-order valence-electron chi connectivity index (χ0n) is 13.2. The molecule has 1 fully saturated rings. The summed E-state index contributed by atoms with van der Waals surface area (Å²) in [5, 5.41) is 5.65. The van der Waals surface area contributed by atoms with Crippen molar-refractivity contribution < 1.29 is 0 Å². The molecule has 112 valence electrons. The van der Waals surface area contributed by atoms with E-state index in [2.05, 4.69) is 54.1 Å². The van der Waals surface area contributed by atoms with Crippen LogP contribution in [0.25, 0.3) is 6.08 Å². The predicted octanol–water partition coefficient (Wildman–Crippen LogP) is 5.08. The number of aryl methyl sites for hydroxylation is 1. The Morgan fingerprint density at radius 1 is 1.35 bits per heavy atom. The fraction of sp³-hybridized carbons (Fsp3) is 0.706. The van der Waals surface area contributed by atoms with Gasteiger partial charge in [0.2, 0.25) is 0 Å². The van der Waals surface area contributed by atoms with E-state index < -0.39 is 0 Å². The molecular formula is C17H27BrN2. The minimum atomic E-state index is 0.0943. The van der Waals surface area contributed by atoms with Gasteiger partial charge in [-0.25, -0.2) is 0 Å². The largest absolute Gasteiger partial charge is 0.275 e. The number of alkyl halides is 1. The highest BCUT2D eigenvalue weighted by molar-refractivity contribution is 9.09. The average molecular weight is 339 g/mol. The molecule has 3 heteroatoms. The van der Waals surface area contributed by atoms with Gasteiger partial charge in [-0.15, -0.1) is 0 Å². The van der Waals surface area contributed by atoms with Crippen LogP contribution in [-0.4, -0.2) is 15.1 Å². The van der Waals surface area contributed by atoms with Crippen LogP contribution in [0.3, 0.4) is 0 Å². The Kier molecular flexibility index (Phi) is 5.11. The Morgan fingerprint density at radius 3 is 2.55 bits per heavy atom. The number of rotatable bonds is 3. The van der Waals surface area contributed by atoms with E-state index in [1.54, 1.807) is 5.57 Å². The van der Waals surface area contributed by atoms with Crippen LogP contribution < -0.4 is 0 Å². The fourth-order valence-corrected chi connectivity index (χ4v) is 3.75. The molecule has 1 aliphatic carbocycles. The summed E-state index contributed by atoms with van der Waals surface area (Å²) < 4.78 is 1.94. The molecule has 1 aromatic rings. The summed E-state index contributed by atoms with van der Waals surface area (Å²) in [5.41, 5.74) is 4.13. The third kappa shape index (κ3) is 3.75. The van der Waals surface area contributed by atoms with Crippen molar-refractivity contribution >= 4 is 22.0 Å². The van der Waals surface area contributed by atoms with E-state index in [1.165, 1.54) is 43.4 Å². The van der Waals surface area contributed by atoms with Gasteiger partial charge in [-0.3, -0.25) is 4.68 Å². The lowest BCUT2D eigenvalue weighted by Gasteiger charge is -2.24. The summed E-state index contributed by atoms with van der Waals surface area (Å²) in [5.74, 6) is 0.760. The molecule has 20 heavy (non-hydrogen) atoms. The SMILES string of the molecule is Cn1cc(/C=C(/CBr)C2CCCCC2)c(C(C)(C)C)n1. The van der Waals surface area contributed by atoms with E-state index in [1.807, 2.05) is 11.7 Å². The topological polar surface area (TPSA) is 17.8 Å². The Hall–Kier alpha value is -0.570. The summed E-state index contributed by atoms with van der Waals surface area (Å²) in [6.45, 7) is 6.71. The lowest BCUT2D eigenvalue weighted by molar-refractivity contribution is 0.405. The first-order chi connectivity index (χ1) is 9.41. The minimum Gasteiger partial charge on any atom is -0.275 e. The van der Waals surface area contributed by atoms with Crippen LogP contribution >= 0.6 is 15.9 Å². The molecule has 1 heterocycles. The van der Waals surface area contributed by atoms with Crippen molar-refractivity contribution in [3.8, 4) is 0 Å². The molecule has 1 saturated carbocycles. The van der Waals surface area contributed by atoms with Crippen molar-refractivity contribution in [2.24, 2.45) is 13.0 Å². The van der Waals surface area contributed by atoms with Crippen molar-refractivity contribution in [3.05, 3.63) is 23.0 Å². The number of allylic oxidation sites excluding steroid dienone is 1. The van der Waals surface area contributed by atoms with Crippen molar-refractivity contribution in [2.75, 3.05) is 5.33 Å². The molecule has 1 aliphatic rings. The highest BCUT2D eigenvalue weighted by Crippen LogP contribution is 2.33. The first kappa shape index (κ1) is 15.8. The summed E-state index contributed by atoms with van der Waals surface area (Å²) in [6.07, 6.45) is 11.4. The molecule has 0 N–H and O–H groups in total. The van der Waals surface area contributed by atoms with Crippen LogP contribution in [0.4, 0.5) is 0 Å². The van der Waals surface area contributed by atoms with Crippen LogP contribution in [0, 0.1) is 5.92 Å². The van der Waals surface area contributed by atoms with Gasteiger partial charge in [0.15, 0.2) is 0 Å². The third-order valence-electron chi connectivity index (χ3n) is 4.19. The van der Waals surface area contributed by atoms with E-state index in [4.69, 9.17) is 0 Å². The molecule has 1 aromatic heterocycles. The second kappa shape index (κ2) is 6.46. The van der Waals surface area contributed by atoms with Crippen LogP contribution in [0.1, 0.15) is 64.1 Å². The molecule has 0 radical (unpaired) electrons. The monoisotopic (exact) mass is 338 g/mol. The van der Waals surface area contributed by atoms with E-state index in [0.717, 1.165) is 11.2 Å². The Bertz CT molecular complexity index is 474. The maximum atomic E-state index is 4.67. The number of nitrogens with zero attached hydrogens (tertiary/aromatic N) is 2. The summed E-state index contributed by atoms with van der Waals surface area (Å²) in [4.78, 5) is 0. The maximum absolute atomic E-state index is 4.67. The Morgan fingerprint density at radius 2 is 2.00 bits per heavy atom. The van der Waals surface area contributed by atoms with E-state index >= 15 is 0 Å². The molecule has 0 spiro atoms. The second-order valence-electron chi connectivity index (χ2n) is 7.04. The van der Waals surface area contributed by atoms with Crippen LogP contribution in [0.2, 0.25) is 0 Å². The molecule has 0 amide bonds. The smallest absolute Gasteiger partial charge is 0.0750 e. The summed E-state index contributed by atoms with van der Waals surface area (Å²) in [7, 11) is 2.01. The number of hydrogen-bond acceptors (Lipinski definition) is 1. The maximum Gasteiger partial charge on any atom is 0.0750 e. The highest BCUT2D eigenvalue weighted by atomic mass is 79.9. The first-order valence-electron chi connectivity index (χ1n) is 7.72. The quantitative estimate of drug-likeness (QED) is 0.703. The molecule has 0 atom stereocenters. The number of aromatic nitrogens is 2. The van der Waals surface area contributed by atoms with Gasteiger partial charge in [0.05, 0.1) is 5.69 Å². The molecule has 2 nitrogen and oxygen atoms in total. The summed E-state index contributed by atoms with van der Waals surface area (Å²) in [6, 6.07) is 0. The average Bonchev–Trinajstić information content (AvgIpc) is 2.78. The zero-order valence-corrected chi connectivity index (χ0v) is 14.8.